The van der Waals surface area contributed by atoms with Crippen molar-refractivity contribution >= 4 is 11.8 Å². The maximum absolute atomic E-state index is 9.57. The predicted octanol–water partition coefficient (Wildman–Crippen LogP) is 3.19. The molecule has 3 nitrogen and oxygen atoms in total. The Labute approximate surface area is 114 Å². The lowest BCUT2D eigenvalue weighted by Crippen LogP contribution is -2.33. The van der Waals surface area contributed by atoms with Crippen LogP contribution in [0.25, 0.3) is 0 Å². The molecule has 2 N–H and O–H groups in total. The highest BCUT2D eigenvalue weighted by Gasteiger charge is 2.17. The molecule has 1 aromatic rings. The van der Waals surface area contributed by atoms with Gasteiger partial charge >= 0.3 is 0 Å². The van der Waals surface area contributed by atoms with Gasteiger partial charge in [-0.15, -0.1) is 0 Å². The van der Waals surface area contributed by atoms with Crippen LogP contribution < -0.4 is 10.1 Å². The van der Waals surface area contributed by atoms with Crippen LogP contribution in [0.1, 0.15) is 32.4 Å². The minimum absolute atomic E-state index is 0.179. The van der Waals surface area contributed by atoms with Crippen molar-refractivity contribution in [2.45, 2.75) is 31.6 Å². The van der Waals surface area contributed by atoms with Crippen LogP contribution in [0.3, 0.4) is 0 Å². The van der Waals surface area contributed by atoms with E-state index < -0.39 is 0 Å². The standard InChI is InChI=1S/C14H23NO2S/c1-10(15-9-14(2,3)18-5)11-6-7-12(16)13(8-11)17-4/h6-8,10,15-16H,9H2,1-5H3. The lowest BCUT2D eigenvalue weighted by molar-refractivity contribution is 0.372. The van der Waals surface area contributed by atoms with Crippen LogP contribution in [-0.4, -0.2) is 29.8 Å². The van der Waals surface area contributed by atoms with Crippen molar-refractivity contribution in [2.75, 3.05) is 19.9 Å². The minimum Gasteiger partial charge on any atom is -0.504 e. The molecule has 0 aliphatic rings. The second kappa shape index (κ2) is 6.34. The summed E-state index contributed by atoms with van der Waals surface area (Å²) in [7, 11) is 1.56. The zero-order valence-corrected chi connectivity index (χ0v) is 12.6. The number of hydrogen-bond donors (Lipinski definition) is 2. The monoisotopic (exact) mass is 269 g/mol. The fourth-order valence-electron chi connectivity index (χ4n) is 1.55. The number of phenols is 1. The van der Waals surface area contributed by atoms with Crippen LogP contribution in [0.4, 0.5) is 0 Å². The van der Waals surface area contributed by atoms with Gasteiger partial charge in [0.15, 0.2) is 11.5 Å². The lowest BCUT2D eigenvalue weighted by atomic mass is 10.1. The molecular formula is C14H23NO2S. The van der Waals surface area contributed by atoms with Gasteiger partial charge in [-0.1, -0.05) is 6.07 Å². The molecule has 0 radical (unpaired) electrons. The number of nitrogens with one attached hydrogen (secondary N) is 1. The average Bonchev–Trinajstić information content (AvgIpc) is 2.36. The van der Waals surface area contributed by atoms with E-state index >= 15 is 0 Å². The van der Waals surface area contributed by atoms with Gasteiger partial charge < -0.3 is 15.2 Å². The highest BCUT2D eigenvalue weighted by Crippen LogP contribution is 2.29. The molecule has 0 aromatic heterocycles. The summed E-state index contributed by atoms with van der Waals surface area (Å²) in [6.45, 7) is 7.48. The Morgan fingerprint density at radius 2 is 2.11 bits per heavy atom. The van der Waals surface area contributed by atoms with Gasteiger partial charge in [0, 0.05) is 17.3 Å². The van der Waals surface area contributed by atoms with Crippen LogP contribution in [0, 0.1) is 0 Å². The molecular weight excluding hydrogens is 246 g/mol. The van der Waals surface area contributed by atoms with E-state index in [2.05, 4.69) is 32.3 Å². The van der Waals surface area contributed by atoms with Gasteiger partial charge in [0.2, 0.25) is 0 Å². The quantitative estimate of drug-likeness (QED) is 0.832. The third kappa shape index (κ3) is 4.10. The van der Waals surface area contributed by atoms with E-state index in [4.69, 9.17) is 4.74 Å². The Morgan fingerprint density at radius 3 is 2.67 bits per heavy atom. The molecule has 18 heavy (non-hydrogen) atoms. The molecule has 0 amide bonds. The van der Waals surface area contributed by atoms with E-state index in [1.807, 2.05) is 23.9 Å². The molecule has 1 unspecified atom stereocenters. The molecule has 0 aliphatic carbocycles. The molecule has 0 bridgehead atoms. The molecule has 102 valence electrons. The van der Waals surface area contributed by atoms with Crippen LogP contribution in [0.5, 0.6) is 11.5 Å². The van der Waals surface area contributed by atoms with Gasteiger partial charge in [0.05, 0.1) is 7.11 Å². The molecule has 0 heterocycles. The summed E-state index contributed by atoms with van der Waals surface area (Å²) in [5, 5.41) is 13.1. The Balaban J connectivity index is 2.70. The van der Waals surface area contributed by atoms with E-state index in [1.54, 1.807) is 13.2 Å². The van der Waals surface area contributed by atoms with E-state index in [0.29, 0.717) is 5.75 Å². The summed E-state index contributed by atoms with van der Waals surface area (Å²) in [6, 6.07) is 5.69. The Bertz CT molecular complexity index is 393. The van der Waals surface area contributed by atoms with Crippen LogP contribution in [-0.2, 0) is 0 Å². The summed E-state index contributed by atoms with van der Waals surface area (Å²) in [5.74, 6) is 0.697. The van der Waals surface area contributed by atoms with E-state index in [-0.39, 0.29) is 16.5 Å². The molecule has 1 rings (SSSR count). The first kappa shape index (κ1) is 15.2. The van der Waals surface area contributed by atoms with Gasteiger partial charge in [-0.3, -0.25) is 0 Å². The molecule has 0 aliphatic heterocycles. The summed E-state index contributed by atoms with van der Waals surface area (Å²) >= 11 is 1.85. The van der Waals surface area contributed by atoms with Gasteiger partial charge in [-0.05, 0) is 44.7 Å². The summed E-state index contributed by atoms with van der Waals surface area (Å²) in [4.78, 5) is 0. The predicted molar refractivity (Wildman–Crippen MR) is 78.7 cm³/mol. The third-order valence-electron chi connectivity index (χ3n) is 3.09. The number of benzene rings is 1. The van der Waals surface area contributed by atoms with E-state index in [0.717, 1.165) is 12.1 Å². The van der Waals surface area contributed by atoms with Crippen LogP contribution in [0.2, 0.25) is 0 Å². The highest BCUT2D eigenvalue weighted by molar-refractivity contribution is 7.99. The average molecular weight is 269 g/mol. The fourth-order valence-corrected chi connectivity index (χ4v) is 1.78. The van der Waals surface area contributed by atoms with Crippen molar-refractivity contribution in [1.82, 2.24) is 5.32 Å². The fraction of sp³-hybridized carbons (Fsp3) is 0.571. The van der Waals surface area contributed by atoms with Gasteiger partial charge in [-0.25, -0.2) is 0 Å². The number of methoxy groups -OCH3 is 1. The van der Waals surface area contributed by atoms with Crippen molar-refractivity contribution in [3.05, 3.63) is 23.8 Å². The molecule has 1 aromatic carbocycles. The van der Waals surface area contributed by atoms with Crippen LogP contribution >= 0.6 is 11.8 Å². The summed E-state index contributed by atoms with van der Waals surface area (Å²) < 4.78 is 5.34. The molecule has 0 saturated carbocycles. The zero-order chi connectivity index (χ0) is 13.8. The number of ether oxygens (including phenoxy) is 1. The first-order valence-electron chi connectivity index (χ1n) is 6.05. The second-order valence-electron chi connectivity index (χ2n) is 5.00. The van der Waals surface area contributed by atoms with Crippen molar-refractivity contribution in [2.24, 2.45) is 0 Å². The summed E-state index contributed by atoms with van der Waals surface area (Å²) in [5.41, 5.74) is 1.11. The molecule has 0 spiro atoms. The minimum atomic E-state index is 0.179. The summed E-state index contributed by atoms with van der Waals surface area (Å²) in [6.07, 6.45) is 2.12. The second-order valence-corrected chi connectivity index (χ2v) is 6.51. The van der Waals surface area contributed by atoms with Crippen LogP contribution in [0.15, 0.2) is 18.2 Å². The highest BCUT2D eigenvalue weighted by atomic mass is 32.2. The van der Waals surface area contributed by atoms with Gasteiger partial charge in [0.1, 0.15) is 0 Å². The number of thioether (sulfide) groups is 1. The first-order valence-corrected chi connectivity index (χ1v) is 7.27. The largest absolute Gasteiger partial charge is 0.504 e. The molecule has 4 heteroatoms. The van der Waals surface area contributed by atoms with Gasteiger partial charge in [-0.2, -0.15) is 11.8 Å². The first-order chi connectivity index (χ1) is 8.39. The SMILES string of the molecule is COc1cc(C(C)NCC(C)(C)SC)ccc1O. The zero-order valence-electron chi connectivity index (χ0n) is 11.8. The third-order valence-corrected chi connectivity index (χ3v) is 4.34. The smallest absolute Gasteiger partial charge is 0.160 e. The number of phenolic OH excluding ortho intramolecular Hbond substituents is 1. The van der Waals surface area contributed by atoms with Crippen molar-refractivity contribution in [1.29, 1.82) is 0 Å². The van der Waals surface area contributed by atoms with E-state index in [9.17, 15) is 5.11 Å². The maximum Gasteiger partial charge on any atom is 0.160 e. The molecule has 1 atom stereocenters. The number of hydrogen-bond acceptors (Lipinski definition) is 4. The molecule has 0 fully saturated rings. The van der Waals surface area contributed by atoms with Gasteiger partial charge in [0.25, 0.3) is 0 Å². The van der Waals surface area contributed by atoms with Crippen molar-refractivity contribution < 1.29 is 9.84 Å². The number of rotatable bonds is 6. The number of aromatic hydroxyl groups is 1. The van der Waals surface area contributed by atoms with Crippen molar-refractivity contribution in [3.63, 3.8) is 0 Å². The van der Waals surface area contributed by atoms with E-state index in [1.165, 1.54) is 0 Å². The van der Waals surface area contributed by atoms with Crippen molar-refractivity contribution in [3.8, 4) is 11.5 Å². The Kier molecular flexibility index (Phi) is 5.35. The maximum atomic E-state index is 9.57. The molecule has 0 saturated heterocycles. The topological polar surface area (TPSA) is 41.5 Å². The normalized spacial score (nSPS) is 13.4. The Morgan fingerprint density at radius 1 is 1.44 bits per heavy atom. The Hall–Kier alpha value is -0.870. The lowest BCUT2D eigenvalue weighted by Gasteiger charge is -2.25.